The quantitative estimate of drug-likeness (QED) is 0.848. The Morgan fingerprint density at radius 3 is 2.53 bits per heavy atom. The lowest BCUT2D eigenvalue weighted by atomic mass is 10.3. The first kappa shape index (κ1) is 13.8. The standard InChI is InChI=1S/C11H13NO3S2/c1-12(11(16)17-7-10(13)14)8-3-5-9(15-2)6-4-8/h3-6H,7H2,1-2H3,(H,13,14). The third-order valence-corrected chi connectivity index (χ3v) is 3.59. The molecule has 17 heavy (non-hydrogen) atoms. The van der Waals surface area contributed by atoms with E-state index in [1.165, 1.54) is 0 Å². The van der Waals surface area contributed by atoms with Crippen molar-refractivity contribution in [3.8, 4) is 5.75 Å². The second kappa shape index (κ2) is 6.46. The van der Waals surface area contributed by atoms with E-state index in [4.69, 9.17) is 22.1 Å². The predicted octanol–water partition coefficient (Wildman–Crippen LogP) is 2.23. The summed E-state index contributed by atoms with van der Waals surface area (Å²) in [5.74, 6) is -0.133. The molecule has 0 aliphatic heterocycles. The zero-order chi connectivity index (χ0) is 12.8. The molecule has 0 fully saturated rings. The molecule has 0 unspecified atom stereocenters. The summed E-state index contributed by atoms with van der Waals surface area (Å²) in [4.78, 5) is 12.2. The number of ether oxygens (including phenoxy) is 1. The van der Waals surface area contributed by atoms with Crippen molar-refractivity contribution < 1.29 is 14.6 Å². The SMILES string of the molecule is COc1ccc(N(C)C(=S)SCC(=O)O)cc1. The van der Waals surface area contributed by atoms with Crippen LogP contribution < -0.4 is 9.64 Å². The molecule has 0 atom stereocenters. The number of rotatable bonds is 4. The normalized spacial score (nSPS) is 9.76. The van der Waals surface area contributed by atoms with E-state index >= 15 is 0 Å². The molecule has 0 spiro atoms. The van der Waals surface area contributed by atoms with Gasteiger partial charge in [0.15, 0.2) is 0 Å². The van der Waals surface area contributed by atoms with Crippen LogP contribution in [0.4, 0.5) is 5.69 Å². The van der Waals surface area contributed by atoms with Crippen molar-refractivity contribution in [1.82, 2.24) is 0 Å². The number of thioether (sulfide) groups is 1. The molecule has 1 N–H and O–H groups in total. The molecule has 0 saturated carbocycles. The van der Waals surface area contributed by atoms with Crippen molar-refractivity contribution >= 4 is 40.0 Å². The van der Waals surface area contributed by atoms with Crippen LogP contribution in [0.1, 0.15) is 0 Å². The Morgan fingerprint density at radius 2 is 2.06 bits per heavy atom. The van der Waals surface area contributed by atoms with Crippen molar-refractivity contribution in [2.75, 3.05) is 24.8 Å². The number of hydrogen-bond acceptors (Lipinski definition) is 4. The largest absolute Gasteiger partial charge is 0.497 e. The molecule has 1 rings (SSSR count). The molecule has 0 heterocycles. The molecule has 0 saturated heterocycles. The number of benzene rings is 1. The Kier molecular flexibility index (Phi) is 5.24. The Labute approximate surface area is 110 Å². The van der Waals surface area contributed by atoms with Crippen molar-refractivity contribution in [1.29, 1.82) is 0 Å². The van der Waals surface area contributed by atoms with Gasteiger partial charge in [0.25, 0.3) is 0 Å². The molecule has 0 amide bonds. The topological polar surface area (TPSA) is 49.8 Å². The predicted molar refractivity (Wildman–Crippen MR) is 74.1 cm³/mol. The summed E-state index contributed by atoms with van der Waals surface area (Å²) in [6.45, 7) is 0. The fourth-order valence-corrected chi connectivity index (χ4v) is 1.96. The zero-order valence-corrected chi connectivity index (χ0v) is 11.2. The molecule has 1 aromatic carbocycles. The molecule has 1 aromatic rings. The fraction of sp³-hybridized carbons (Fsp3) is 0.273. The first-order chi connectivity index (χ1) is 8.04. The number of thiocarbonyl (C=S) groups is 1. The summed E-state index contributed by atoms with van der Waals surface area (Å²) in [7, 11) is 3.41. The van der Waals surface area contributed by atoms with Gasteiger partial charge in [-0.05, 0) is 24.3 Å². The van der Waals surface area contributed by atoms with E-state index < -0.39 is 5.97 Å². The molecule has 0 aliphatic carbocycles. The van der Waals surface area contributed by atoms with E-state index in [1.807, 2.05) is 24.3 Å². The molecular weight excluding hydrogens is 258 g/mol. The van der Waals surface area contributed by atoms with E-state index in [-0.39, 0.29) is 5.75 Å². The number of hydrogen-bond donors (Lipinski definition) is 1. The molecule has 0 aliphatic rings. The highest BCUT2D eigenvalue weighted by molar-refractivity contribution is 8.23. The van der Waals surface area contributed by atoms with Crippen LogP contribution in [0.15, 0.2) is 24.3 Å². The lowest BCUT2D eigenvalue weighted by Crippen LogP contribution is -2.22. The van der Waals surface area contributed by atoms with Gasteiger partial charge in [0.05, 0.1) is 12.9 Å². The molecule has 0 aromatic heterocycles. The van der Waals surface area contributed by atoms with Crippen LogP contribution in [0.2, 0.25) is 0 Å². The van der Waals surface area contributed by atoms with Crippen molar-refractivity contribution in [3.05, 3.63) is 24.3 Å². The van der Waals surface area contributed by atoms with Gasteiger partial charge in [-0.3, -0.25) is 4.79 Å². The van der Waals surface area contributed by atoms with Gasteiger partial charge in [-0.25, -0.2) is 0 Å². The summed E-state index contributed by atoms with van der Waals surface area (Å²) in [5, 5.41) is 8.57. The Bertz CT molecular complexity index is 406. The first-order valence-electron chi connectivity index (χ1n) is 4.81. The second-order valence-electron chi connectivity index (χ2n) is 3.21. The minimum Gasteiger partial charge on any atom is -0.497 e. The van der Waals surface area contributed by atoms with Crippen LogP contribution in [0, 0.1) is 0 Å². The molecule has 92 valence electrons. The van der Waals surface area contributed by atoms with E-state index in [0.717, 1.165) is 23.2 Å². The maximum Gasteiger partial charge on any atom is 0.313 e. The van der Waals surface area contributed by atoms with E-state index in [1.54, 1.807) is 19.1 Å². The second-order valence-corrected chi connectivity index (χ2v) is 4.81. The Morgan fingerprint density at radius 1 is 1.47 bits per heavy atom. The molecule has 4 nitrogen and oxygen atoms in total. The average molecular weight is 271 g/mol. The lowest BCUT2D eigenvalue weighted by molar-refractivity contribution is -0.133. The summed E-state index contributed by atoms with van der Waals surface area (Å²) >= 11 is 6.26. The number of carbonyl (C=O) groups is 1. The lowest BCUT2D eigenvalue weighted by Gasteiger charge is -2.19. The van der Waals surface area contributed by atoms with Crippen LogP contribution in [0.25, 0.3) is 0 Å². The van der Waals surface area contributed by atoms with Gasteiger partial charge in [-0.1, -0.05) is 24.0 Å². The summed E-state index contributed by atoms with van der Waals surface area (Å²) < 4.78 is 5.58. The van der Waals surface area contributed by atoms with E-state index in [9.17, 15) is 4.79 Å². The number of aliphatic carboxylic acids is 1. The van der Waals surface area contributed by atoms with Crippen LogP contribution in [0.5, 0.6) is 5.75 Å². The minimum absolute atomic E-state index is 0.0284. The third kappa shape index (κ3) is 4.24. The Hall–Kier alpha value is -1.27. The summed E-state index contributed by atoms with van der Waals surface area (Å²) in [6, 6.07) is 7.39. The van der Waals surface area contributed by atoms with Gasteiger partial charge in [0, 0.05) is 12.7 Å². The number of nitrogens with zero attached hydrogens (tertiary/aromatic N) is 1. The molecule has 0 radical (unpaired) electrons. The van der Waals surface area contributed by atoms with Gasteiger partial charge >= 0.3 is 5.97 Å². The molecule has 6 heteroatoms. The summed E-state index contributed by atoms with van der Waals surface area (Å²) in [6.07, 6.45) is 0. The van der Waals surface area contributed by atoms with Crippen LogP contribution >= 0.6 is 24.0 Å². The third-order valence-electron chi connectivity index (χ3n) is 2.05. The van der Waals surface area contributed by atoms with Crippen LogP contribution in [-0.2, 0) is 4.79 Å². The van der Waals surface area contributed by atoms with Gasteiger partial charge in [0.1, 0.15) is 10.1 Å². The minimum atomic E-state index is -0.875. The van der Waals surface area contributed by atoms with Crippen molar-refractivity contribution in [2.24, 2.45) is 0 Å². The van der Waals surface area contributed by atoms with Crippen molar-refractivity contribution in [2.45, 2.75) is 0 Å². The maximum absolute atomic E-state index is 10.4. The number of carboxylic acid groups (broad SMARTS) is 1. The van der Waals surface area contributed by atoms with Gasteiger partial charge in [-0.15, -0.1) is 0 Å². The number of methoxy groups -OCH3 is 1. The van der Waals surface area contributed by atoms with Gasteiger partial charge < -0.3 is 14.7 Å². The highest BCUT2D eigenvalue weighted by Gasteiger charge is 2.09. The number of carboxylic acids is 1. The average Bonchev–Trinajstić information content (AvgIpc) is 2.35. The maximum atomic E-state index is 10.4. The van der Waals surface area contributed by atoms with Crippen molar-refractivity contribution in [3.63, 3.8) is 0 Å². The highest BCUT2D eigenvalue weighted by Crippen LogP contribution is 2.21. The van der Waals surface area contributed by atoms with Crippen LogP contribution in [-0.4, -0.2) is 35.3 Å². The number of anilines is 1. The highest BCUT2D eigenvalue weighted by atomic mass is 32.2. The summed E-state index contributed by atoms with van der Waals surface area (Å²) in [5.41, 5.74) is 0.897. The zero-order valence-electron chi connectivity index (χ0n) is 9.54. The monoisotopic (exact) mass is 271 g/mol. The fourth-order valence-electron chi connectivity index (χ4n) is 1.13. The first-order valence-corrected chi connectivity index (χ1v) is 6.20. The van der Waals surface area contributed by atoms with E-state index in [0.29, 0.717) is 4.32 Å². The van der Waals surface area contributed by atoms with Gasteiger partial charge in [0.2, 0.25) is 0 Å². The Balaban J connectivity index is 2.64. The van der Waals surface area contributed by atoms with E-state index in [2.05, 4.69) is 0 Å². The molecular formula is C11H13NO3S2. The smallest absolute Gasteiger partial charge is 0.313 e. The van der Waals surface area contributed by atoms with Crippen LogP contribution in [0.3, 0.4) is 0 Å². The van der Waals surface area contributed by atoms with Gasteiger partial charge in [-0.2, -0.15) is 0 Å². The molecule has 0 bridgehead atoms.